The lowest BCUT2D eigenvalue weighted by Crippen LogP contribution is -2.32. The van der Waals surface area contributed by atoms with Gasteiger partial charge in [0.15, 0.2) is 0 Å². The number of rotatable bonds is 7. The largest absolute Gasteiger partial charge is 0.374 e. The quantitative estimate of drug-likeness (QED) is 0.715. The number of carbonyl (C=O) groups is 2. The van der Waals surface area contributed by atoms with Crippen molar-refractivity contribution in [1.82, 2.24) is 5.16 Å². The van der Waals surface area contributed by atoms with E-state index in [4.69, 9.17) is 4.52 Å². The van der Waals surface area contributed by atoms with E-state index in [1.54, 1.807) is 19.9 Å². The van der Waals surface area contributed by atoms with Crippen molar-refractivity contribution in [3.8, 4) is 0 Å². The maximum absolute atomic E-state index is 12.3. The molecule has 0 spiro atoms. The summed E-state index contributed by atoms with van der Waals surface area (Å²) in [7, 11) is 0. The summed E-state index contributed by atoms with van der Waals surface area (Å²) < 4.78 is 4.99. The number of hydrogen-bond donors (Lipinski definition) is 3. The predicted octanol–water partition coefficient (Wildman–Crippen LogP) is 3.47. The number of anilines is 3. The number of benzene rings is 1. The minimum Gasteiger partial charge on any atom is -0.374 e. The summed E-state index contributed by atoms with van der Waals surface area (Å²) in [6, 6.07) is 6.70. The fraction of sp³-hybridized carbons (Fsp3) is 0.389. The molecule has 0 aliphatic rings. The highest BCUT2D eigenvalue weighted by molar-refractivity contribution is 5.96. The first-order chi connectivity index (χ1) is 11.9. The van der Waals surface area contributed by atoms with E-state index in [9.17, 15) is 9.59 Å². The van der Waals surface area contributed by atoms with Gasteiger partial charge in [-0.15, -0.1) is 0 Å². The van der Waals surface area contributed by atoms with Crippen LogP contribution in [-0.2, 0) is 9.59 Å². The van der Waals surface area contributed by atoms with Crippen molar-refractivity contribution in [2.45, 2.75) is 46.6 Å². The molecule has 1 aromatic heterocycles. The zero-order chi connectivity index (χ0) is 18.4. The molecule has 7 nitrogen and oxygen atoms in total. The monoisotopic (exact) mass is 344 g/mol. The standard InChI is InChI=1S/C18H24N4O3/c1-5-7-16(23)20-15-9-6-8-14(12(15)3)19-13(4)18(24)21-17-10-11(2)22-25-17/h6,8-10,13,19H,5,7H2,1-4H3,(H,20,23)(H,21,24). The number of nitrogens with one attached hydrogen (secondary N) is 3. The maximum atomic E-state index is 12.3. The molecule has 2 aromatic rings. The zero-order valence-corrected chi connectivity index (χ0v) is 15.0. The van der Waals surface area contributed by atoms with Crippen LogP contribution in [0.15, 0.2) is 28.8 Å². The van der Waals surface area contributed by atoms with Gasteiger partial charge >= 0.3 is 0 Å². The molecular formula is C18H24N4O3. The van der Waals surface area contributed by atoms with Crippen molar-refractivity contribution < 1.29 is 14.1 Å². The van der Waals surface area contributed by atoms with E-state index in [1.807, 2.05) is 32.0 Å². The van der Waals surface area contributed by atoms with Crippen molar-refractivity contribution in [2.75, 3.05) is 16.0 Å². The summed E-state index contributed by atoms with van der Waals surface area (Å²) in [4.78, 5) is 24.1. The fourth-order valence-corrected chi connectivity index (χ4v) is 2.32. The summed E-state index contributed by atoms with van der Waals surface area (Å²) >= 11 is 0. The summed E-state index contributed by atoms with van der Waals surface area (Å²) in [5.41, 5.74) is 3.09. The molecule has 25 heavy (non-hydrogen) atoms. The molecule has 2 amide bonds. The normalized spacial score (nSPS) is 11.7. The first-order valence-electron chi connectivity index (χ1n) is 8.31. The minimum atomic E-state index is -0.495. The summed E-state index contributed by atoms with van der Waals surface area (Å²) in [6.07, 6.45) is 1.27. The molecule has 0 aliphatic carbocycles. The summed E-state index contributed by atoms with van der Waals surface area (Å²) in [5.74, 6) is 0.0543. The number of aromatic nitrogens is 1. The molecule has 3 N–H and O–H groups in total. The van der Waals surface area contributed by atoms with Crippen molar-refractivity contribution in [3.63, 3.8) is 0 Å². The Hall–Kier alpha value is -2.83. The topological polar surface area (TPSA) is 96.3 Å². The van der Waals surface area contributed by atoms with Gasteiger partial charge in [0, 0.05) is 23.9 Å². The number of amides is 2. The van der Waals surface area contributed by atoms with Crippen LogP contribution in [0, 0.1) is 13.8 Å². The number of hydrogen-bond acceptors (Lipinski definition) is 5. The van der Waals surface area contributed by atoms with E-state index in [1.165, 1.54) is 0 Å². The Balaban J connectivity index is 2.03. The van der Waals surface area contributed by atoms with Crippen molar-refractivity contribution in [1.29, 1.82) is 0 Å². The third-order valence-corrected chi connectivity index (χ3v) is 3.72. The molecule has 134 valence electrons. The van der Waals surface area contributed by atoms with E-state index in [0.717, 1.165) is 23.4 Å². The lowest BCUT2D eigenvalue weighted by molar-refractivity contribution is -0.117. The minimum absolute atomic E-state index is 0.0192. The first-order valence-corrected chi connectivity index (χ1v) is 8.31. The van der Waals surface area contributed by atoms with Crippen LogP contribution in [0.25, 0.3) is 0 Å². The number of carbonyl (C=O) groups excluding carboxylic acids is 2. The van der Waals surface area contributed by atoms with Gasteiger partial charge in [-0.3, -0.25) is 14.9 Å². The van der Waals surface area contributed by atoms with E-state index < -0.39 is 6.04 Å². The molecule has 1 aromatic carbocycles. The Morgan fingerprint density at radius 3 is 2.56 bits per heavy atom. The lowest BCUT2D eigenvalue weighted by atomic mass is 10.1. The molecule has 0 fully saturated rings. The van der Waals surface area contributed by atoms with Crippen molar-refractivity contribution in [3.05, 3.63) is 35.5 Å². The molecule has 0 saturated carbocycles. The molecule has 0 bridgehead atoms. The average Bonchev–Trinajstić information content (AvgIpc) is 2.96. The second-order valence-corrected chi connectivity index (χ2v) is 5.96. The SMILES string of the molecule is CCCC(=O)Nc1cccc(NC(C)C(=O)Nc2cc(C)no2)c1C. The first kappa shape index (κ1) is 18.5. The van der Waals surface area contributed by atoms with Gasteiger partial charge in [0.1, 0.15) is 6.04 Å². The maximum Gasteiger partial charge on any atom is 0.248 e. The van der Waals surface area contributed by atoms with Crippen LogP contribution < -0.4 is 16.0 Å². The second-order valence-electron chi connectivity index (χ2n) is 5.96. The fourth-order valence-electron chi connectivity index (χ4n) is 2.32. The Labute approximate surface area is 147 Å². The molecule has 0 saturated heterocycles. The van der Waals surface area contributed by atoms with Gasteiger partial charge < -0.3 is 15.2 Å². The predicted molar refractivity (Wildman–Crippen MR) is 97.7 cm³/mol. The molecule has 7 heteroatoms. The Morgan fingerprint density at radius 1 is 1.20 bits per heavy atom. The van der Waals surface area contributed by atoms with Crippen molar-refractivity contribution in [2.24, 2.45) is 0 Å². The van der Waals surface area contributed by atoms with Crippen LogP contribution in [0.1, 0.15) is 37.9 Å². The Bertz CT molecular complexity index is 755. The number of nitrogens with zero attached hydrogens (tertiary/aromatic N) is 1. The summed E-state index contributed by atoms with van der Waals surface area (Å²) in [5, 5.41) is 12.4. The Morgan fingerprint density at radius 2 is 1.92 bits per heavy atom. The van der Waals surface area contributed by atoms with Crippen LogP contribution in [-0.4, -0.2) is 23.0 Å². The van der Waals surface area contributed by atoms with Gasteiger partial charge in [-0.05, 0) is 44.9 Å². The van der Waals surface area contributed by atoms with Crippen LogP contribution in [0.2, 0.25) is 0 Å². The second kappa shape index (κ2) is 8.32. The lowest BCUT2D eigenvalue weighted by Gasteiger charge is -2.18. The molecule has 0 radical (unpaired) electrons. The zero-order valence-electron chi connectivity index (χ0n) is 15.0. The molecule has 2 rings (SSSR count). The molecule has 1 atom stereocenters. The highest BCUT2D eigenvalue weighted by Gasteiger charge is 2.16. The van der Waals surface area contributed by atoms with Gasteiger partial charge in [-0.25, -0.2) is 0 Å². The van der Waals surface area contributed by atoms with Gasteiger partial charge in [0.2, 0.25) is 17.7 Å². The van der Waals surface area contributed by atoms with E-state index in [2.05, 4.69) is 21.1 Å². The van der Waals surface area contributed by atoms with E-state index >= 15 is 0 Å². The smallest absolute Gasteiger partial charge is 0.248 e. The Kier molecular flexibility index (Phi) is 6.16. The van der Waals surface area contributed by atoms with Crippen LogP contribution >= 0.6 is 0 Å². The molecule has 1 unspecified atom stereocenters. The highest BCUT2D eigenvalue weighted by atomic mass is 16.5. The summed E-state index contributed by atoms with van der Waals surface area (Å²) in [6.45, 7) is 7.39. The average molecular weight is 344 g/mol. The van der Waals surface area contributed by atoms with Crippen LogP contribution in [0.5, 0.6) is 0 Å². The van der Waals surface area contributed by atoms with Gasteiger partial charge in [0.05, 0.1) is 5.69 Å². The van der Waals surface area contributed by atoms with Crippen LogP contribution in [0.4, 0.5) is 17.3 Å². The van der Waals surface area contributed by atoms with Crippen molar-refractivity contribution >= 4 is 29.1 Å². The third kappa shape index (κ3) is 5.07. The van der Waals surface area contributed by atoms with Gasteiger partial charge in [-0.1, -0.05) is 18.1 Å². The van der Waals surface area contributed by atoms with Crippen LogP contribution in [0.3, 0.4) is 0 Å². The number of aryl methyl sites for hydroxylation is 1. The van der Waals surface area contributed by atoms with E-state index in [0.29, 0.717) is 18.0 Å². The molecule has 0 aliphatic heterocycles. The highest BCUT2D eigenvalue weighted by Crippen LogP contribution is 2.24. The third-order valence-electron chi connectivity index (χ3n) is 3.72. The molecular weight excluding hydrogens is 320 g/mol. The van der Waals surface area contributed by atoms with Gasteiger partial charge in [-0.2, -0.15) is 0 Å². The van der Waals surface area contributed by atoms with Gasteiger partial charge in [0.25, 0.3) is 0 Å². The van der Waals surface area contributed by atoms with E-state index in [-0.39, 0.29) is 11.8 Å². The molecule has 1 heterocycles.